The summed E-state index contributed by atoms with van der Waals surface area (Å²) < 4.78 is 38.7. The highest BCUT2D eigenvalue weighted by molar-refractivity contribution is 5.85. The van der Waals surface area contributed by atoms with Crippen LogP contribution in [-0.2, 0) is 6.18 Å². The van der Waals surface area contributed by atoms with Crippen LogP contribution in [0.15, 0.2) is 24.3 Å². The van der Waals surface area contributed by atoms with Crippen molar-refractivity contribution in [3.05, 3.63) is 35.5 Å². The fraction of sp³-hybridized carbons (Fsp3) is 0.231. The zero-order valence-electron chi connectivity index (χ0n) is 9.25. The Labute approximate surface area is 101 Å². The van der Waals surface area contributed by atoms with Gasteiger partial charge < -0.3 is 10.1 Å². The number of terminal acetylenes is 1. The van der Waals surface area contributed by atoms with E-state index in [0.717, 1.165) is 0 Å². The van der Waals surface area contributed by atoms with Crippen LogP contribution in [0, 0.1) is 12.3 Å². The SMILES string of the molecule is C#CCC(O)c1c(C(F)(F)F)[nH]c2ccccc12. The predicted octanol–water partition coefficient (Wildman–Crippen LogP) is 3.24. The highest BCUT2D eigenvalue weighted by Crippen LogP contribution is 2.39. The Morgan fingerprint density at radius 1 is 1.33 bits per heavy atom. The maximum atomic E-state index is 12.9. The number of nitrogens with one attached hydrogen (secondary N) is 1. The molecule has 0 spiro atoms. The summed E-state index contributed by atoms with van der Waals surface area (Å²) in [6, 6.07) is 6.28. The van der Waals surface area contributed by atoms with Gasteiger partial charge in [-0.05, 0) is 6.07 Å². The normalized spacial score (nSPS) is 13.5. The minimum Gasteiger partial charge on any atom is -0.387 e. The maximum absolute atomic E-state index is 12.9. The van der Waals surface area contributed by atoms with E-state index in [2.05, 4.69) is 10.9 Å². The van der Waals surface area contributed by atoms with Gasteiger partial charge in [-0.25, -0.2) is 0 Å². The summed E-state index contributed by atoms with van der Waals surface area (Å²) in [6.07, 6.45) is -1.01. The number of hydrogen-bond acceptors (Lipinski definition) is 1. The molecule has 0 saturated heterocycles. The van der Waals surface area contributed by atoms with Crippen LogP contribution >= 0.6 is 0 Å². The molecule has 0 aliphatic rings. The summed E-state index contributed by atoms with van der Waals surface area (Å²) >= 11 is 0. The second kappa shape index (κ2) is 4.39. The van der Waals surface area contributed by atoms with Crippen molar-refractivity contribution in [2.45, 2.75) is 18.7 Å². The Bertz CT molecular complexity index is 607. The first kappa shape index (κ1) is 12.5. The number of aliphatic hydroxyl groups is 1. The van der Waals surface area contributed by atoms with Crippen LogP contribution in [0.5, 0.6) is 0 Å². The molecular weight excluding hydrogens is 243 g/mol. The van der Waals surface area contributed by atoms with Crippen LogP contribution in [0.4, 0.5) is 13.2 Å². The highest BCUT2D eigenvalue weighted by Gasteiger charge is 2.38. The van der Waals surface area contributed by atoms with E-state index < -0.39 is 18.0 Å². The zero-order valence-corrected chi connectivity index (χ0v) is 9.25. The smallest absolute Gasteiger partial charge is 0.387 e. The molecule has 0 bridgehead atoms. The van der Waals surface area contributed by atoms with Crippen molar-refractivity contribution in [1.29, 1.82) is 0 Å². The lowest BCUT2D eigenvalue weighted by Crippen LogP contribution is -2.11. The average molecular weight is 253 g/mol. The van der Waals surface area contributed by atoms with E-state index in [1.54, 1.807) is 12.1 Å². The number of para-hydroxylation sites is 1. The van der Waals surface area contributed by atoms with E-state index in [1.165, 1.54) is 12.1 Å². The molecule has 2 N–H and O–H groups in total. The van der Waals surface area contributed by atoms with Gasteiger partial charge in [0.15, 0.2) is 0 Å². The molecular formula is C13H10F3NO. The van der Waals surface area contributed by atoms with Crippen molar-refractivity contribution in [3.63, 3.8) is 0 Å². The van der Waals surface area contributed by atoms with Gasteiger partial charge in [0.25, 0.3) is 0 Å². The van der Waals surface area contributed by atoms with Crippen molar-refractivity contribution in [2.24, 2.45) is 0 Å². The van der Waals surface area contributed by atoms with E-state index in [4.69, 9.17) is 6.42 Å². The van der Waals surface area contributed by atoms with Crippen LogP contribution in [0.25, 0.3) is 10.9 Å². The summed E-state index contributed by atoms with van der Waals surface area (Å²) in [7, 11) is 0. The molecule has 18 heavy (non-hydrogen) atoms. The van der Waals surface area contributed by atoms with E-state index in [1.807, 2.05) is 0 Å². The second-order valence-electron chi connectivity index (χ2n) is 3.88. The summed E-state index contributed by atoms with van der Waals surface area (Å²) in [6.45, 7) is 0. The van der Waals surface area contributed by atoms with Gasteiger partial charge in [-0.2, -0.15) is 13.2 Å². The summed E-state index contributed by atoms with van der Waals surface area (Å²) in [5.41, 5.74) is -0.793. The lowest BCUT2D eigenvalue weighted by molar-refractivity contribution is -0.142. The molecule has 0 aliphatic carbocycles. The molecule has 5 heteroatoms. The topological polar surface area (TPSA) is 36.0 Å². The Morgan fingerprint density at radius 2 is 2.00 bits per heavy atom. The Hall–Kier alpha value is -1.93. The van der Waals surface area contributed by atoms with Crippen LogP contribution < -0.4 is 0 Å². The molecule has 1 aromatic heterocycles. The Morgan fingerprint density at radius 3 is 2.61 bits per heavy atom. The second-order valence-corrected chi connectivity index (χ2v) is 3.88. The first-order chi connectivity index (χ1) is 8.45. The number of fused-ring (bicyclic) bond motifs is 1. The minimum atomic E-state index is -4.55. The number of H-pyrrole nitrogens is 1. The Kier molecular flexibility index (Phi) is 3.05. The van der Waals surface area contributed by atoms with Gasteiger partial charge in [0.1, 0.15) is 5.69 Å². The molecule has 0 aliphatic heterocycles. The lowest BCUT2D eigenvalue weighted by atomic mass is 10.0. The maximum Gasteiger partial charge on any atom is 0.431 e. The molecule has 1 atom stereocenters. The molecule has 94 valence electrons. The molecule has 2 rings (SSSR count). The number of hydrogen-bond donors (Lipinski definition) is 2. The van der Waals surface area contributed by atoms with Crippen molar-refractivity contribution in [3.8, 4) is 12.3 Å². The number of aromatic amines is 1. The van der Waals surface area contributed by atoms with Gasteiger partial charge in [-0.3, -0.25) is 0 Å². The quantitative estimate of drug-likeness (QED) is 0.792. The molecule has 1 unspecified atom stereocenters. The number of alkyl halides is 3. The summed E-state index contributed by atoms with van der Waals surface area (Å²) in [5, 5.41) is 10.1. The van der Waals surface area contributed by atoms with Crippen molar-refractivity contribution >= 4 is 10.9 Å². The molecule has 0 amide bonds. The molecule has 2 aromatic rings. The zero-order chi connectivity index (χ0) is 13.3. The van der Waals surface area contributed by atoms with Gasteiger partial charge in [-0.15, -0.1) is 12.3 Å². The molecule has 1 aromatic carbocycles. The Balaban J connectivity index is 2.70. The first-order valence-corrected chi connectivity index (χ1v) is 5.24. The van der Waals surface area contributed by atoms with E-state index in [9.17, 15) is 18.3 Å². The molecule has 0 radical (unpaired) electrons. The van der Waals surface area contributed by atoms with Gasteiger partial charge in [0.05, 0.1) is 6.10 Å². The third-order valence-corrected chi connectivity index (χ3v) is 2.67. The van der Waals surface area contributed by atoms with Crippen LogP contribution in [-0.4, -0.2) is 10.1 Å². The third-order valence-electron chi connectivity index (χ3n) is 2.67. The van der Waals surface area contributed by atoms with Gasteiger partial charge >= 0.3 is 6.18 Å². The van der Waals surface area contributed by atoms with Gasteiger partial charge in [-0.1, -0.05) is 18.2 Å². The first-order valence-electron chi connectivity index (χ1n) is 5.24. The molecule has 0 saturated carbocycles. The minimum absolute atomic E-state index is 0.162. The third kappa shape index (κ3) is 2.07. The monoisotopic (exact) mass is 253 g/mol. The average Bonchev–Trinajstić information content (AvgIpc) is 2.68. The molecule has 0 fully saturated rings. The van der Waals surface area contributed by atoms with Crippen molar-refractivity contribution in [1.82, 2.24) is 4.98 Å². The van der Waals surface area contributed by atoms with E-state index in [0.29, 0.717) is 10.9 Å². The van der Waals surface area contributed by atoms with E-state index in [-0.39, 0.29) is 12.0 Å². The van der Waals surface area contributed by atoms with Crippen molar-refractivity contribution in [2.75, 3.05) is 0 Å². The molecule has 2 nitrogen and oxygen atoms in total. The number of halogens is 3. The summed E-state index contributed by atoms with van der Waals surface area (Å²) in [4.78, 5) is 2.29. The standard InChI is InChI=1S/C13H10F3NO/c1-2-5-10(18)11-8-6-3-4-7-9(8)17-12(11)13(14,15)16/h1,3-4,6-7,10,17-18H,5H2. The van der Waals surface area contributed by atoms with Crippen LogP contribution in [0.1, 0.15) is 23.8 Å². The van der Waals surface area contributed by atoms with Crippen molar-refractivity contribution < 1.29 is 18.3 Å². The fourth-order valence-electron chi connectivity index (χ4n) is 1.95. The molecule has 1 heterocycles. The largest absolute Gasteiger partial charge is 0.431 e. The highest BCUT2D eigenvalue weighted by atomic mass is 19.4. The number of aromatic nitrogens is 1. The fourth-order valence-corrected chi connectivity index (χ4v) is 1.95. The lowest BCUT2D eigenvalue weighted by Gasteiger charge is -2.12. The summed E-state index contributed by atoms with van der Waals surface area (Å²) in [5.74, 6) is 2.17. The van der Waals surface area contributed by atoms with Gasteiger partial charge in [0.2, 0.25) is 0 Å². The predicted molar refractivity (Wildman–Crippen MR) is 61.7 cm³/mol. The number of benzene rings is 1. The van der Waals surface area contributed by atoms with Gasteiger partial charge in [0, 0.05) is 22.9 Å². The van der Waals surface area contributed by atoms with Crippen LogP contribution in [0.3, 0.4) is 0 Å². The number of rotatable bonds is 2. The van der Waals surface area contributed by atoms with Crippen LogP contribution in [0.2, 0.25) is 0 Å². The number of aliphatic hydroxyl groups excluding tert-OH is 1. The van der Waals surface area contributed by atoms with E-state index >= 15 is 0 Å².